The molecule has 138 valence electrons. The first-order valence-corrected chi connectivity index (χ1v) is 8.44. The Morgan fingerprint density at radius 2 is 1.86 bits per heavy atom. The monoisotopic (exact) mass is 394 g/mol. The fraction of sp³-hybridized carbons (Fsp3) is 0.100. The molecule has 0 saturated carbocycles. The first-order valence-electron chi connectivity index (χ1n) is 8.06. The highest BCUT2D eigenvalue weighted by Gasteiger charge is 2.17. The zero-order valence-electron chi connectivity index (χ0n) is 14.6. The first kappa shape index (κ1) is 19.1. The number of benzene rings is 2. The molecule has 0 bridgehead atoms. The third kappa shape index (κ3) is 4.01. The highest BCUT2D eigenvalue weighted by Crippen LogP contribution is 2.35. The van der Waals surface area contributed by atoms with Crippen molar-refractivity contribution in [2.45, 2.75) is 13.3 Å². The van der Waals surface area contributed by atoms with E-state index in [1.807, 2.05) is 12.1 Å². The predicted octanol–water partition coefficient (Wildman–Crippen LogP) is 4.00. The Kier molecular flexibility index (Phi) is 5.39. The van der Waals surface area contributed by atoms with Gasteiger partial charge < -0.3 is 4.74 Å². The quantitative estimate of drug-likeness (QED) is 0.720. The molecule has 0 aliphatic heterocycles. The van der Waals surface area contributed by atoms with E-state index < -0.39 is 5.82 Å². The number of halogens is 2. The van der Waals surface area contributed by atoms with E-state index in [2.05, 4.69) is 10.2 Å². The number of H-pyrrole nitrogens is 1. The summed E-state index contributed by atoms with van der Waals surface area (Å²) in [7, 11) is 0. The van der Waals surface area contributed by atoms with Gasteiger partial charge in [0, 0.05) is 12.0 Å². The van der Waals surface area contributed by atoms with Crippen molar-refractivity contribution in [1.29, 1.82) is 10.5 Å². The van der Waals surface area contributed by atoms with Crippen LogP contribution in [0, 0.1) is 35.4 Å². The second-order valence-corrected chi connectivity index (χ2v) is 6.38. The van der Waals surface area contributed by atoms with Crippen molar-refractivity contribution >= 4 is 11.6 Å². The fourth-order valence-corrected chi connectivity index (χ4v) is 2.74. The summed E-state index contributed by atoms with van der Waals surface area (Å²) in [6.07, 6.45) is 0.110. The van der Waals surface area contributed by atoms with Crippen LogP contribution in [0.2, 0.25) is 5.02 Å². The number of hydrogen-bond donors (Lipinski definition) is 1. The molecule has 0 aliphatic rings. The van der Waals surface area contributed by atoms with Gasteiger partial charge in [-0.3, -0.25) is 4.79 Å². The van der Waals surface area contributed by atoms with Gasteiger partial charge in [-0.05, 0) is 42.8 Å². The van der Waals surface area contributed by atoms with Crippen molar-refractivity contribution in [2.75, 3.05) is 0 Å². The Morgan fingerprint density at radius 1 is 1.18 bits per heavy atom. The third-order valence-corrected chi connectivity index (χ3v) is 4.23. The highest BCUT2D eigenvalue weighted by molar-refractivity contribution is 6.32. The van der Waals surface area contributed by atoms with Crippen LogP contribution in [0.5, 0.6) is 11.5 Å². The van der Waals surface area contributed by atoms with Gasteiger partial charge in [0.05, 0.1) is 34.0 Å². The lowest BCUT2D eigenvalue weighted by Crippen LogP contribution is -2.13. The van der Waals surface area contributed by atoms with Crippen molar-refractivity contribution < 1.29 is 9.13 Å². The molecule has 0 atom stereocenters. The number of aromatic amines is 1. The number of ether oxygens (including phenoxy) is 1. The van der Waals surface area contributed by atoms with E-state index in [1.165, 1.54) is 30.3 Å². The maximum absolute atomic E-state index is 15.0. The van der Waals surface area contributed by atoms with Crippen LogP contribution >= 0.6 is 11.6 Å². The van der Waals surface area contributed by atoms with E-state index >= 15 is 4.39 Å². The average Bonchev–Trinajstić information content (AvgIpc) is 2.69. The van der Waals surface area contributed by atoms with Gasteiger partial charge in [-0.25, -0.2) is 9.49 Å². The lowest BCUT2D eigenvalue weighted by molar-refractivity contribution is 0.439. The minimum Gasteiger partial charge on any atom is -0.453 e. The zero-order chi connectivity index (χ0) is 20.3. The summed E-state index contributed by atoms with van der Waals surface area (Å²) in [6.45, 7) is 1.63. The Morgan fingerprint density at radius 3 is 2.46 bits per heavy atom. The van der Waals surface area contributed by atoms with Crippen molar-refractivity contribution in [3.05, 3.63) is 85.5 Å². The molecule has 0 unspecified atom stereocenters. The molecule has 0 fully saturated rings. The largest absolute Gasteiger partial charge is 0.453 e. The lowest BCUT2D eigenvalue weighted by atomic mass is 10.1. The van der Waals surface area contributed by atoms with Gasteiger partial charge in [0.25, 0.3) is 5.56 Å². The Hall–Kier alpha value is -3.68. The molecular weight excluding hydrogens is 383 g/mol. The summed E-state index contributed by atoms with van der Waals surface area (Å²) in [5.74, 6) is -0.801. The molecule has 0 amide bonds. The maximum Gasteiger partial charge on any atom is 0.267 e. The molecule has 3 aromatic rings. The SMILES string of the molecule is Cc1cc(Cc2ccc(Cl)c(Oc3cc(C#N)cc(C#N)c3)c2F)n[nH]c1=O. The van der Waals surface area contributed by atoms with E-state index in [9.17, 15) is 4.79 Å². The minimum absolute atomic E-state index is 0.0349. The molecule has 1 heterocycles. The van der Waals surface area contributed by atoms with E-state index in [4.69, 9.17) is 26.9 Å². The van der Waals surface area contributed by atoms with Crippen LogP contribution in [0.15, 0.2) is 41.2 Å². The lowest BCUT2D eigenvalue weighted by Gasteiger charge is -2.12. The predicted molar refractivity (Wildman–Crippen MR) is 99.8 cm³/mol. The van der Waals surface area contributed by atoms with Crippen molar-refractivity contribution in [3.8, 4) is 23.6 Å². The second-order valence-electron chi connectivity index (χ2n) is 5.97. The molecule has 28 heavy (non-hydrogen) atoms. The molecule has 3 rings (SSSR count). The molecule has 2 aromatic carbocycles. The Balaban J connectivity index is 1.98. The van der Waals surface area contributed by atoms with Gasteiger partial charge in [0.15, 0.2) is 11.6 Å². The third-order valence-electron chi connectivity index (χ3n) is 3.93. The van der Waals surface area contributed by atoms with E-state index in [0.717, 1.165) is 0 Å². The highest BCUT2D eigenvalue weighted by atomic mass is 35.5. The van der Waals surface area contributed by atoms with Gasteiger partial charge in [0.2, 0.25) is 0 Å². The number of nitriles is 2. The molecule has 1 aromatic heterocycles. The standard InChI is InChI=1S/C20H12ClFN4O2/c1-11-4-15(25-26-20(11)27)8-14-2-3-17(21)19(18(14)22)28-16-6-12(9-23)5-13(7-16)10-24/h2-7H,8H2,1H3,(H,26,27). The summed E-state index contributed by atoms with van der Waals surface area (Å²) >= 11 is 6.09. The van der Waals surface area contributed by atoms with Crippen LogP contribution in [-0.4, -0.2) is 10.2 Å². The van der Waals surface area contributed by atoms with Crippen LogP contribution in [0.4, 0.5) is 4.39 Å². The van der Waals surface area contributed by atoms with E-state index in [-0.39, 0.29) is 45.2 Å². The second kappa shape index (κ2) is 7.91. The molecule has 0 aliphatic carbocycles. The summed E-state index contributed by atoms with van der Waals surface area (Å²) in [5.41, 5.74) is 1.30. The van der Waals surface area contributed by atoms with Crippen LogP contribution in [-0.2, 0) is 6.42 Å². The maximum atomic E-state index is 15.0. The number of hydrogen-bond acceptors (Lipinski definition) is 5. The fourth-order valence-electron chi connectivity index (χ4n) is 2.55. The first-order chi connectivity index (χ1) is 13.4. The number of nitrogens with zero attached hydrogens (tertiary/aromatic N) is 3. The van der Waals surface area contributed by atoms with Gasteiger partial charge >= 0.3 is 0 Å². The number of rotatable bonds is 4. The summed E-state index contributed by atoms with van der Waals surface area (Å²) in [6, 6.07) is 12.5. The molecule has 0 spiro atoms. The van der Waals surface area contributed by atoms with Crippen molar-refractivity contribution in [3.63, 3.8) is 0 Å². The number of aromatic nitrogens is 2. The van der Waals surface area contributed by atoms with Crippen molar-refractivity contribution in [1.82, 2.24) is 10.2 Å². The number of nitrogens with one attached hydrogen (secondary N) is 1. The summed E-state index contributed by atoms with van der Waals surface area (Å²) in [4.78, 5) is 11.4. The van der Waals surface area contributed by atoms with Gasteiger partial charge in [0.1, 0.15) is 5.75 Å². The van der Waals surface area contributed by atoms with Gasteiger partial charge in [-0.15, -0.1) is 0 Å². The van der Waals surface area contributed by atoms with Gasteiger partial charge in [-0.1, -0.05) is 17.7 Å². The van der Waals surface area contributed by atoms with Crippen LogP contribution in [0.3, 0.4) is 0 Å². The summed E-state index contributed by atoms with van der Waals surface area (Å²) < 4.78 is 20.6. The summed E-state index contributed by atoms with van der Waals surface area (Å²) in [5, 5.41) is 24.4. The molecule has 6 nitrogen and oxygen atoms in total. The van der Waals surface area contributed by atoms with Crippen molar-refractivity contribution in [2.24, 2.45) is 0 Å². The topological polar surface area (TPSA) is 103 Å². The molecule has 1 N–H and O–H groups in total. The molecule has 0 radical (unpaired) electrons. The molecule has 0 saturated heterocycles. The Labute approximate surface area is 164 Å². The number of aryl methyl sites for hydroxylation is 1. The van der Waals surface area contributed by atoms with Gasteiger partial charge in [-0.2, -0.15) is 15.6 Å². The van der Waals surface area contributed by atoms with E-state index in [1.54, 1.807) is 13.0 Å². The van der Waals surface area contributed by atoms with E-state index in [0.29, 0.717) is 11.3 Å². The normalized spacial score (nSPS) is 10.2. The van der Waals surface area contributed by atoms with Crippen LogP contribution in [0.25, 0.3) is 0 Å². The molecule has 8 heteroatoms. The average molecular weight is 395 g/mol. The van der Waals surface area contributed by atoms with Crippen LogP contribution in [0.1, 0.15) is 27.9 Å². The zero-order valence-corrected chi connectivity index (χ0v) is 15.3. The smallest absolute Gasteiger partial charge is 0.267 e. The van der Waals surface area contributed by atoms with Crippen LogP contribution < -0.4 is 10.3 Å². The molecular formula is C20H12ClFN4O2. The minimum atomic E-state index is -0.695. The Bertz CT molecular complexity index is 1180.